The van der Waals surface area contributed by atoms with Gasteiger partial charge in [0.15, 0.2) is 0 Å². The molecule has 1 aromatic heterocycles. The van der Waals surface area contributed by atoms with Crippen LogP contribution in [0.4, 0.5) is 0 Å². The van der Waals surface area contributed by atoms with Crippen molar-refractivity contribution in [3.63, 3.8) is 0 Å². The highest BCUT2D eigenvalue weighted by molar-refractivity contribution is 7.89. The Morgan fingerprint density at radius 2 is 2.04 bits per heavy atom. The summed E-state index contributed by atoms with van der Waals surface area (Å²) >= 11 is 0. The number of benzene rings is 1. The Labute approximate surface area is 148 Å². The summed E-state index contributed by atoms with van der Waals surface area (Å²) in [5.41, 5.74) is 1.29. The zero-order valence-corrected chi connectivity index (χ0v) is 15.1. The number of hydrogen-bond acceptors (Lipinski definition) is 5. The van der Waals surface area contributed by atoms with Gasteiger partial charge in [0.05, 0.1) is 17.1 Å². The van der Waals surface area contributed by atoms with E-state index in [0.29, 0.717) is 6.42 Å². The van der Waals surface area contributed by atoms with Crippen molar-refractivity contribution >= 4 is 16.0 Å². The van der Waals surface area contributed by atoms with Gasteiger partial charge in [0.25, 0.3) is 0 Å². The van der Waals surface area contributed by atoms with Crippen LogP contribution in [0, 0.1) is 0 Å². The third kappa shape index (κ3) is 5.95. The highest BCUT2D eigenvalue weighted by atomic mass is 32.2. The first-order valence-corrected chi connectivity index (χ1v) is 9.55. The molecule has 2 aromatic rings. The van der Waals surface area contributed by atoms with Crippen molar-refractivity contribution in [2.24, 2.45) is 0 Å². The first-order valence-electron chi connectivity index (χ1n) is 8.07. The number of rotatable bonds is 8. The summed E-state index contributed by atoms with van der Waals surface area (Å²) in [6.45, 7) is 3.73. The van der Waals surface area contributed by atoms with E-state index in [2.05, 4.69) is 9.71 Å². The first kappa shape index (κ1) is 19.1. The van der Waals surface area contributed by atoms with Crippen molar-refractivity contribution in [1.29, 1.82) is 0 Å². The lowest BCUT2D eigenvalue weighted by Gasteiger charge is -2.10. The maximum Gasteiger partial charge on any atom is 0.338 e. The normalized spacial score (nSPS) is 11.5. The standard InChI is InChI=1S/C18H22N2O4S/c1-14(2)20-25(22,23)17-9-3-8-16(12-17)18(21)24-11-5-7-15-6-4-10-19-13-15/h3-4,6,8-10,12-14,20H,5,7,11H2,1-2H3. The van der Waals surface area contributed by atoms with Gasteiger partial charge >= 0.3 is 5.97 Å². The zero-order valence-electron chi connectivity index (χ0n) is 14.3. The van der Waals surface area contributed by atoms with Crippen molar-refractivity contribution in [3.05, 3.63) is 59.9 Å². The van der Waals surface area contributed by atoms with Gasteiger partial charge in [-0.3, -0.25) is 4.98 Å². The summed E-state index contributed by atoms with van der Waals surface area (Å²) in [7, 11) is -3.64. The molecule has 1 aromatic carbocycles. The third-order valence-electron chi connectivity index (χ3n) is 3.34. The quantitative estimate of drug-likeness (QED) is 0.576. The van der Waals surface area contributed by atoms with Gasteiger partial charge in [0.1, 0.15) is 0 Å². The molecule has 0 aliphatic heterocycles. The second-order valence-corrected chi connectivity index (χ2v) is 7.62. The van der Waals surface area contributed by atoms with Gasteiger partial charge in [-0.25, -0.2) is 17.9 Å². The van der Waals surface area contributed by atoms with Crippen LogP contribution in [0.15, 0.2) is 53.7 Å². The van der Waals surface area contributed by atoms with Gasteiger partial charge in [0, 0.05) is 18.4 Å². The lowest BCUT2D eigenvalue weighted by molar-refractivity contribution is 0.0500. The maximum absolute atomic E-state index is 12.2. The number of ether oxygens (including phenoxy) is 1. The zero-order chi connectivity index (χ0) is 18.3. The summed E-state index contributed by atoms with van der Waals surface area (Å²) in [6, 6.07) is 9.44. The summed E-state index contributed by atoms with van der Waals surface area (Å²) in [5, 5.41) is 0. The molecule has 0 aliphatic carbocycles. The van der Waals surface area contributed by atoms with Crippen molar-refractivity contribution < 1.29 is 17.9 Å². The number of pyridine rings is 1. The molecule has 6 nitrogen and oxygen atoms in total. The van der Waals surface area contributed by atoms with Crippen LogP contribution in [0.1, 0.15) is 36.2 Å². The SMILES string of the molecule is CC(C)NS(=O)(=O)c1cccc(C(=O)OCCCc2cccnc2)c1. The summed E-state index contributed by atoms with van der Waals surface area (Å²) in [5.74, 6) is -0.534. The fourth-order valence-corrected chi connectivity index (χ4v) is 3.54. The Kier molecular flexibility index (Phi) is 6.66. The number of carbonyl (C=O) groups is 1. The van der Waals surface area contributed by atoms with E-state index in [1.165, 1.54) is 24.3 Å². The van der Waals surface area contributed by atoms with Crippen LogP contribution in [0.5, 0.6) is 0 Å². The number of hydrogen-bond donors (Lipinski definition) is 1. The van der Waals surface area contributed by atoms with Crippen LogP contribution in [0.3, 0.4) is 0 Å². The maximum atomic E-state index is 12.2. The topological polar surface area (TPSA) is 85.4 Å². The first-order chi connectivity index (χ1) is 11.9. The summed E-state index contributed by atoms with van der Waals surface area (Å²) < 4.78 is 32.0. The molecule has 1 N–H and O–H groups in total. The van der Waals surface area contributed by atoms with E-state index in [0.717, 1.165) is 12.0 Å². The largest absolute Gasteiger partial charge is 0.462 e. The van der Waals surface area contributed by atoms with Crippen LogP contribution in [-0.4, -0.2) is 32.0 Å². The minimum atomic E-state index is -3.64. The lowest BCUT2D eigenvalue weighted by Crippen LogP contribution is -2.30. The summed E-state index contributed by atoms with van der Waals surface area (Å²) in [6.07, 6.45) is 4.91. The van der Waals surface area contributed by atoms with E-state index >= 15 is 0 Å². The van der Waals surface area contributed by atoms with E-state index in [1.807, 2.05) is 12.1 Å². The second kappa shape index (κ2) is 8.73. The number of sulfonamides is 1. The van der Waals surface area contributed by atoms with Crippen molar-refractivity contribution in [1.82, 2.24) is 9.71 Å². The van der Waals surface area contributed by atoms with Crippen LogP contribution < -0.4 is 4.72 Å². The van der Waals surface area contributed by atoms with Gasteiger partial charge in [-0.05, 0) is 56.5 Å². The van der Waals surface area contributed by atoms with Gasteiger partial charge in [0.2, 0.25) is 10.0 Å². The predicted octanol–water partition coefficient (Wildman–Crippen LogP) is 2.56. The molecule has 7 heteroatoms. The molecule has 0 bridgehead atoms. The Hall–Kier alpha value is -2.25. The van der Waals surface area contributed by atoms with Crippen LogP contribution in [-0.2, 0) is 21.2 Å². The Morgan fingerprint density at radius 1 is 1.24 bits per heavy atom. The predicted molar refractivity (Wildman–Crippen MR) is 94.7 cm³/mol. The molecule has 2 rings (SSSR count). The fourth-order valence-electron chi connectivity index (χ4n) is 2.24. The molecule has 0 saturated heterocycles. The van der Waals surface area contributed by atoms with Gasteiger partial charge in [-0.2, -0.15) is 0 Å². The highest BCUT2D eigenvalue weighted by Gasteiger charge is 2.17. The Bertz CT molecular complexity index is 805. The molecular weight excluding hydrogens is 340 g/mol. The van der Waals surface area contributed by atoms with Gasteiger partial charge in [-0.15, -0.1) is 0 Å². The molecule has 0 aliphatic rings. The van der Waals surface area contributed by atoms with Gasteiger partial charge < -0.3 is 4.74 Å². The minimum absolute atomic E-state index is 0.0472. The summed E-state index contributed by atoms with van der Waals surface area (Å²) in [4.78, 5) is 16.2. The lowest BCUT2D eigenvalue weighted by atomic mass is 10.2. The van der Waals surface area contributed by atoms with E-state index in [-0.39, 0.29) is 23.1 Å². The smallest absolute Gasteiger partial charge is 0.338 e. The molecule has 0 saturated carbocycles. The van der Waals surface area contributed by atoms with E-state index in [4.69, 9.17) is 4.74 Å². The number of aryl methyl sites for hydroxylation is 1. The number of esters is 1. The van der Waals surface area contributed by atoms with Crippen molar-refractivity contribution in [2.75, 3.05) is 6.61 Å². The van der Waals surface area contributed by atoms with Crippen molar-refractivity contribution in [2.45, 2.75) is 37.6 Å². The van der Waals surface area contributed by atoms with Crippen LogP contribution in [0.2, 0.25) is 0 Å². The van der Waals surface area contributed by atoms with E-state index < -0.39 is 16.0 Å². The molecule has 0 fully saturated rings. The Balaban J connectivity index is 1.92. The van der Waals surface area contributed by atoms with E-state index in [1.54, 1.807) is 26.2 Å². The minimum Gasteiger partial charge on any atom is -0.462 e. The number of aromatic nitrogens is 1. The molecule has 25 heavy (non-hydrogen) atoms. The molecule has 1 heterocycles. The average Bonchev–Trinajstić information content (AvgIpc) is 2.58. The van der Waals surface area contributed by atoms with Crippen LogP contribution in [0.25, 0.3) is 0 Å². The highest BCUT2D eigenvalue weighted by Crippen LogP contribution is 2.13. The second-order valence-electron chi connectivity index (χ2n) is 5.90. The number of nitrogens with one attached hydrogen (secondary N) is 1. The molecule has 134 valence electrons. The molecule has 0 radical (unpaired) electrons. The number of carbonyl (C=O) groups excluding carboxylic acids is 1. The van der Waals surface area contributed by atoms with Crippen molar-refractivity contribution in [3.8, 4) is 0 Å². The molecular formula is C18H22N2O4S. The molecule has 0 spiro atoms. The third-order valence-corrected chi connectivity index (χ3v) is 4.99. The molecule has 0 amide bonds. The molecule has 0 unspecified atom stereocenters. The van der Waals surface area contributed by atoms with E-state index in [9.17, 15) is 13.2 Å². The van der Waals surface area contributed by atoms with Crippen LogP contribution >= 0.6 is 0 Å². The van der Waals surface area contributed by atoms with Gasteiger partial charge in [-0.1, -0.05) is 12.1 Å². The fraction of sp³-hybridized carbons (Fsp3) is 0.333. The number of nitrogens with zero attached hydrogens (tertiary/aromatic N) is 1. The monoisotopic (exact) mass is 362 g/mol. The average molecular weight is 362 g/mol. The Morgan fingerprint density at radius 3 is 2.72 bits per heavy atom. The molecule has 0 atom stereocenters.